The van der Waals surface area contributed by atoms with E-state index in [0.29, 0.717) is 40.7 Å². The summed E-state index contributed by atoms with van der Waals surface area (Å²) in [6.07, 6.45) is -5.29. The van der Waals surface area contributed by atoms with Crippen LogP contribution in [-0.4, -0.2) is 49.0 Å². The van der Waals surface area contributed by atoms with Crippen LogP contribution in [0.3, 0.4) is 0 Å². The Kier molecular flexibility index (Phi) is 11.2. The highest BCUT2D eigenvalue weighted by atomic mass is 19.4. The molecule has 0 aliphatic rings. The number of rotatable bonds is 11. The third-order valence-electron chi connectivity index (χ3n) is 6.69. The number of hydrogen-bond donors (Lipinski definition) is 3. The van der Waals surface area contributed by atoms with Crippen molar-refractivity contribution in [2.75, 3.05) is 29.8 Å². The highest BCUT2D eigenvalue weighted by molar-refractivity contribution is 5.94. The van der Waals surface area contributed by atoms with Crippen molar-refractivity contribution >= 4 is 45.9 Å². The highest BCUT2D eigenvalue weighted by Crippen LogP contribution is 2.34. The minimum Gasteiger partial charge on any atom is -0.490 e. The SMILES string of the molecule is CCOc1cc(C(Nc2ccc3c(N)nccc3c2)C(=O)NCc2cccc(N(OC(=O)C(F)(F)F)C(=O)OC)c2)ccc1OC(C)C. The molecular weight excluding hydrogens is 635 g/mol. The van der Waals surface area contributed by atoms with Gasteiger partial charge in [-0.1, -0.05) is 18.2 Å². The number of hydroxylamine groups is 1. The van der Waals surface area contributed by atoms with Gasteiger partial charge in [-0.15, -0.1) is 5.06 Å². The minimum absolute atomic E-state index is 0.0730. The molecule has 1 unspecified atom stereocenters. The lowest BCUT2D eigenvalue weighted by molar-refractivity contribution is -0.200. The molecule has 0 aliphatic carbocycles. The molecule has 2 amide bonds. The van der Waals surface area contributed by atoms with E-state index in [1.807, 2.05) is 26.8 Å². The van der Waals surface area contributed by atoms with Crippen molar-refractivity contribution in [1.82, 2.24) is 10.3 Å². The number of fused-ring (bicyclic) bond motifs is 1. The van der Waals surface area contributed by atoms with Crippen LogP contribution in [0.15, 0.2) is 72.9 Å². The number of benzene rings is 3. The van der Waals surface area contributed by atoms with Gasteiger partial charge in [-0.25, -0.2) is 14.6 Å². The number of alkyl halides is 3. The maximum atomic E-state index is 13.8. The molecule has 1 atom stereocenters. The van der Waals surface area contributed by atoms with Gasteiger partial charge in [-0.05, 0) is 85.8 Å². The van der Waals surface area contributed by atoms with Gasteiger partial charge in [-0.2, -0.15) is 13.2 Å². The quantitative estimate of drug-likeness (QED) is 0.161. The summed E-state index contributed by atoms with van der Waals surface area (Å²) in [7, 11) is 0.911. The minimum atomic E-state index is -5.37. The molecule has 0 fully saturated rings. The number of nitrogens with zero attached hydrogens (tertiary/aromatic N) is 2. The van der Waals surface area contributed by atoms with E-state index in [4.69, 9.17) is 15.2 Å². The van der Waals surface area contributed by atoms with Gasteiger partial charge in [-0.3, -0.25) is 4.79 Å². The van der Waals surface area contributed by atoms with Crippen molar-refractivity contribution in [3.63, 3.8) is 0 Å². The van der Waals surface area contributed by atoms with Crippen molar-refractivity contribution in [2.45, 2.75) is 45.6 Å². The van der Waals surface area contributed by atoms with E-state index in [1.165, 1.54) is 18.2 Å². The molecule has 3 aromatic carbocycles. The molecule has 4 aromatic rings. The number of amides is 2. The average Bonchev–Trinajstić information content (AvgIpc) is 3.05. The zero-order valence-corrected chi connectivity index (χ0v) is 26.5. The van der Waals surface area contributed by atoms with Crippen LogP contribution in [0.4, 0.5) is 35.2 Å². The molecule has 4 rings (SSSR count). The van der Waals surface area contributed by atoms with Crippen molar-refractivity contribution in [3.8, 4) is 11.5 Å². The van der Waals surface area contributed by atoms with Crippen LogP contribution in [-0.2, 0) is 25.7 Å². The Bertz CT molecular complexity index is 1780. The van der Waals surface area contributed by atoms with Crippen LogP contribution in [0, 0.1) is 0 Å². The van der Waals surface area contributed by atoms with Crippen LogP contribution >= 0.6 is 0 Å². The molecule has 48 heavy (non-hydrogen) atoms. The lowest BCUT2D eigenvalue weighted by Gasteiger charge is -2.23. The van der Waals surface area contributed by atoms with Crippen LogP contribution in [0.2, 0.25) is 0 Å². The number of ether oxygens (including phenoxy) is 3. The van der Waals surface area contributed by atoms with Gasteiger partial charge in [0, 0.05) is 23.8 Å². The summed E-state index contributed by atoms with van der Waals surface area (Å²) in [5.41, 5.74) is 7.25. The highest BCUT2D eigenvalue weighted by Gasteiger charge is 2.44. The Morgan fingerprint density at radius 3 is 2.46 bits per heavy atom. The number of carbonyl (C=O) groups is 3. The smallest absolute Gasteiger partial charge is 0.490 e. The van der Waals surface area contributed by atoms with Gasteiger partial charge in [0.25, 0.3) is 0 Å². The number of hydrogen-bond acceptors (Lipinski definition) is 10. The van der Waals surface area contributed by atoms with E-state index in [1.54, 1.807) is 48.7 Å². The van der Waals surface area contributed by atoms with Crippen LogP contribution in [0.25, 0.3) is 10.8 Å². The third-order valence-corrected chi connectivity index (χ3v) is 6.69. The van der Waals surface area contributed by atoms with Gasteiger partial charge < -0.3 is 35.4 Å². The van der Waals surface area contributed by atoms with Gasteiger partial charge in [0.15, 0.2) is 11.5 Å². The zero-order chi connectivity index (χ0) is 35.0. The second-order valence-corrected chi connectivity index (χ2v) is 10.5. The van der Waals surface area contributed by atoms with Crippen LogP contribution < -0.4 is 30.9 Å². The Balaban J connectivity index is 1.64. The number of methoxy groups -OCH3 is 1. The van der Waals surface area contributed by atoms with Crippen molar-refractivity contribution in [2.24, 2.45) is 0 Å². The second kappa shape index (κ2) is 15.2. The standard InChI is InChI=1S/C33H34F3N5O7/c1-5-46-27-17-22(9-12-26(27)47-19(2)3)28(40-23-10-11-25-21(16-23)13-14-38-29(25)37)30(42)39-18-20-7-6-8-24(15-20)41(32(44)45-4)48-31(43)33(34,35)36/h6-17,19,28,40H,5,18H2,1-4H3,(H2,37,38)(H,39,42). The number of nitrogens with one attached hydrogen (secondary N) is 2. The fraction of sp³-hybridized carbons (Fsp3) is 0.273. The number of anilines is 3. The number of halogens is 3. The Morgan fingerprint density at radius 2 is 1.77 bits per heavy atom. The second-order valence-electron chi connectivity index (χ2n) is 10.5. The fourth-order valence-corrected chi connectivity index (χ4v) is 4.58. The zero-order valence-electron chi connectivity index (χ0n) is 26.5. The molecule has 1 heterocycles. The molecule has 0 spiro atoms. The van der Waals surface area contributed by atoms with Crippen molar-refractivity contribution < 1.29 is 46.6 Å². The fourth-order valence-electron chi connectivity index (χ4n) is 4.58. The molecule has 0 saturated carbocycles. The summed E-state index contributed by atoms with van der Waals surface area (Å²) < 4.78 is 54.8. The Labute approximate surface area is 273 Å². The Hall–Kier alpha value is -5.73. The molecular formula is C33H34F3N5O7. The molecule has 254 valence electrons. The molecule has 1 aromatic heterocycles. The predicted molar refractivity (Wildman–Crippen MR) is 171 cm³/mol. The molecule has 12 nitrogen and oxygen atoms in total. The first-order chi connectivity index (χ1) is 22.8. The van der Waals surface area contributed by atoms with Crippen molar-refractivity contribution in [3.05, 3.63) is 84.1 Å². The Morgan fingerprint density at radius 1 is 1.00 bits per heavy atom. The number of aromatic nitrogens is 1. The number of nitrogen functional groups attached to an aromatic ring is 1. The average molecular weight is 670 g/mol. The monoisotopic (exact) mass is 669 g/mol. The van der Waals surface area contributed by atoms with Gasteiger partial charge in [0.2, 0.25) is 5.91 Å². The molecule has 15 heteroatoms. The van der Waals surface area contributed by atoms with E-state index in [2.05, 4.69) is 25.2 Å². The third kappa shape index (κ3) is 8.74. The summed E-state index contributed by atoms with van der Waals surface area (Å²) in [5.74, 6) is -1.81. The van der Waals surface area contributed by atoms with Gasteiger partial charge in [0.05, 0.1) is 25.5 Å². The van der Waals surface area contributed by atoms with Gasteiger partial charge >= 0.3 is 18.2 Å². The van der Waals surface area contributed by atoms with Crippen LogP contribution in [0.1, 0.15) is 37.9 Å². The number of carbonyl (C=O) groups excluding carboxylic acids is 3. The molecule has 0 radical (unpaired) electrons. The normalized spacial score (nSPS) is 11.8. The maximum Gasteiger partial charge on any atom is 0.493 e. The summed E-state index contributed by atoms with van der Waals surface area (Å²) >= 11 is 0. The van der Waals surface area contributed by atoms with E-state index in [-0.39, 0.29) is 23.4 Å². The van der Waals surface area contributed by atoms with E-state index < -0.39 is 30.2 Å². The van der Waals surface area contributed by atoms with E-state index in [9.17, 15) is 27.6 Å². The first-order valence-corrected chi connectivity index (χ1v) is 14.7. The maximum absolute atomic E-state index is 13.8. The molecule has 0 bridgehead atoms. The largest absolute Gasteiger partial charge is 0.493 e. The lowest BCUT2D eigenvalue weighted by Crippen LogP contribution is -2.38. The first kappa shape index (κ1) is 35.1. The summed E-state index contributed by atoms with van der Waals surface area (Å²) in [6.45, 7) is 5.80. The van der Waals surface area contributed by atoms with Gasteiger partial charge in [0.1, 0.15) is 11.9 Å². The topological polar surface area (TPSA) is 154 Å². The molecule has 0 aliphatic heterocycles. The summed E-state index contributed by atoms with van der Waals surface area (Å²) in [5, 5.41) is 7.67. The summed E-state index contributed by atoms with van der Waals surface area (Å²) in [4.78, 5) is 45.9. The summed E-state index contributed by atoms with van der Waals surface area (Å²) in [6, 6.07) is 16.8. The van der Waals surface area contributed by atoms with E-state index in [0.717, 1.165) is 17.9 Å². The number of nitrogens with two attached hydrogens (primary N) is 1. The lowest BCUT2D eigenvalue weighted by atomic mass is 10.0. The number of pyridine rings is 1. The molecule has 0 saturated heterocycles. The van der Waals surface area contributed by atoms with Crippen LogP contribution in [0.5, 0.6) is 11.5 Å². The first-order valence-electron chi connectivity index (χ1n) is 14.7. The van der Waals surface area contributed by atoms with Crippen molar-refractivity contribution in [1.29, 1.82) is 0 Å². The van der Waals surface area contributed by atoms with E-state index >= 15 is 0 Å². The predicted octanol–water partition coefficient (Wildman–Crippen LogP) is 6.07. The molecule has 4 N–H and O–H groups in total.